The maximum Gasteiger partial charge on any atom is 0.291 e. The van der Waals surface area contributed by atoms with E-state index in [0.717, 1.165) is 5.56 Å². The average molecular weight is 429 g/mol. The van der Waals surface area contributed by atoms with Gasteiger partial charge in [-0.05, 0) is 35.9 Å². The Labute approximate surface area is 179 Å². The second-order valence-corrected chi connectivity index (χ2v) is 6.58. The van der Waals surface area contributed by atoms with E-state index in [9.17, 15) is 4.79 Å². The molecule has 0 saturated heterocycles. The number of methoxy groups -OCH3 is 3. The van der Waals surface area contributed by atoms with Gasteiger partial charge in [-0.2, -0.15) is 10.2 Å². The van der Waals surface area contributed by atoms with E-state index in [0.29, 0.717) is 34.4 Å². The fourth-order valence-electron chi connectivity index (χ4n) is 2.79. The van der Waals surface area contributed by atoms with Gasteiger partial charge in [0.2, 0.25) is 5.75 Å². The zero-order chi connectivity index (χ0) is 21.5. The molecular formula is C21H21ClN4O4. The van der Waals surface area contributed by atoms with Gasteiger partial charge in [-0.1, -0.05) is 23.7 Å². The molecule has 0 fully saturated rings. The number of halogens is 1. The summed E-state index contributed by atoms with van der Waals surface area (Å²) in [7, 11) is 4.57. The number of benzene rings is 2. The molecule has 30 heavy (non-hydrogen) atoms. The van der Waals surface area contributed by atoms with Gasteiger partial charge in [0.15, 0.2) is 17.2 Å². The molecule has 3 aromatic rings. The first-order valence-electron chi connectivity index (χ1n) is 8.96. The number of amides is 1. The zero-order valence-electron chi connectivity index (χ0n) is 16.8. The Bertz CT molecular complexity index is 1050. The molecule has 0 bridgehead atoms. The number of hydrogen-bond donors (Lipinski definition) is 1. The van der Waals surface area contributed by atoms with Crippen LogP contribution in [0.5, 0.6) is 17.2 Å². The highest BCUT2D eigenvalue weighted by atomic mass is 35.5. The molecule has 0 spiro atoms. The number of carbonyl (C=O) groups is 1. The van der Waals surface area contributed by atoms with Gasteiger partial charge in [-0.15, -0.1) is 0 Å². The third-order valence-corrected chi connectivity index (χ3v) is 4.49. The number of carbonyl (C=O) groups excluding carboxylic acids is 1. The third kappa shape index (κ3) is 4.90. The lowest BCUT2D eigenvalue weighted by molar-refractivity contribution is 0.0949. The van der Waals surface area contributed by atoms with E-state index in [1.54, 1.807) is 29.1 Å². The molecule has 3 rings (SSSR count). The maximum atomic E-state index is 12.3. The van der Waals surface area contributed by atoms with E-state index in [1.807, 2.05) is 24.3 Å². The molecule has 0 atom stereocenters. The summed E-state index contributed by atoms with van der Waals surface area (Å²) in [6.07, 6.45) is 3.19. The summed E-state index contributed by atoms with van der Waals surface area (Å²) >= 11 is 5.89. The summed E-state index contributed by atoms with van der Waals surface area (Å²) in [5.41, 5.74) is 4.35. The van der Waals surface area contributed by atoms with Gasteiger partial charge >= 0.3 is 0 Å². The Morgan fingerprint density at radius 2 is 1.80 bits per heavy atom. The standard InChI is InChI=1S/C21H21ClN4O4/c1-28-18-9-6-15(19(29-2)20(18)30-3)12-23-24-21(27)17-10-11-26(25-17)13-14-4-7-16(22)8-5-14/h4-12H,13H2,1-3H3,(H,24,27)/b23-12-. The van der Waals surface area contributed by atoms with E-state index in [-0.39, 0.29) is 5.69 Å². The Morgan fingerprint density at radius 1 is 1.07 bits per heavy atom. The number of nitrogens with one attached hydrogen (secondary N) is 1. The van der Waals surface area contributed by atoms with Crippen LogP contribution in [0.1, 0.15) is 21.6 Å². The maximum absolute atomic E-state index is 12.3. The monoisotopic (exact) mass is 428 g/mol. The van der Waals surface area contributed by atoms with Crippen LogP contribution in [0, 0.1) is 0 Å². The van der Waals surface area contributed by atoms with Gasteiger partial charge in [-0.3, -0.25) is 9.48 Å². The van der Waals surface area contributed by atoms with Crippen LogP contribution in [0.3, 0.4) is 0 Å². The summed E-state index contributed by atoms with van der Waals surface area (Å²) in [6.45, 7) is 0.524. The number of aromatic nitrogens is 2. The van der Waals surface area contributed by atoms with Crippen LogP contribution in [0.2, 0.25) is 5.02 Å². The van der Waals surface area contributed by atoms with Crippen LogP contribution in [0.4, 0.5) is 0 Å². The molecule has 0 aliphatic carbocycles. The molecule has 9 heteroatoms. The lowest BCUT2D eigenvalue weighted by Gasteiger charge is -2.13. The summed E-state index contributed by atoms with van der Waals surface area (Å²) in [6, 6.07) is 12.5. The van der Waals surface area contributed by atoms with Crippen LogP contribution in [-0.2, 0) is 6.54 Å². The zero-order valence-corrected chi connectivity index (χ0v) is 17.5. The van der Waals surface area contributed by atoms with Crippen molar-refractivity contribution < 1.29 is 19.0 Å². The van der Waals surface area contributed by atoms with Gasteiger partial charge in [0.05, 0.1) is 34.1 Å². The normalized spacial score (nSPS) is 10.8. The van der Waals surface area contributed by atoms with E-state index in [1.165, 1.54) is 27.5 Å². The van der Waals surface area contributed by atoms with Crippen molar-refractivity contribution in [1.29, 1.82) is 0 Å². The molecule has 0 aliphatic rings. The number of hydrazone groups is 1. The van der Waals surface area contributed by atoms with E-state index < -0.39 is 5.91 Å². The quantitative estimate of drug-likeness (QED) is 0.439. The minimum Gasteiger partial charge on any atom is -0.493 e. The Kier molecular flexibility index (Phi) is 6.92. The van der Waals surface area contributed by atoms with Crippen molar-refractivity contribution in [3.05, 3.63) is 70.5 Å². The van der Waals surface area contributed by atoms with Gasteiger partial charge in [0, 0.05) is 16.8 Å². The Hall–Kier alpha value is -3.52. The van der Waals surface area contributed by atoms with Gasteiger partial charge in [0.1, 0.15) is 0 Å². The molecule has 2 aromatic carbocycles. The second kappa shape index (κ2) is 9.80. The first-order valence-corrected chi connectivity index (χ1v) is 9.33. The van der Waals surface area contributed by atoms with E-state index in [2.05, 4.69) is 15.6 Å². The van der Waals surface area contributed by atoms with Gasteiger partial charge < -0.3 is 14.2 Å². The molecule has 0 aliphatic heterocycles. The molecule has 0 saturated carbocycles. The van der Waals surface area contributed by atoms with Crippen molar-refractivity contribution >= 4 is 23.7 Å². The van der Waals surface area contributed by atoms with Crippen molar-refractivity contribution in [3.8, 4) is 17.2 Å². The molecule has 0 unspecified atom stereocenters. The summed E-state index contributed by atoms with van der Waals surface area (Å²) < 4.78 is 17.6. The number of nitrogens with zero attached hydrogens (tertiary/aromatic N) is 3. The van der Waals surface area contributed by atoms with Gasteiger partial charge in [0.25, 0.3) is 5.91 Å². The van der Waals surface area contributed by atoms with Crippen molar-refractivity contribution in [3.63, 3.8) is 0 Å². The number of rotatable bonds is 8. The van der Waals surface area contributed by atoms with E-state index >= 15 is 0 Å². The molecule has 1 N–H and O–H groups in total. The molecule has 0 radical (unpaired) electrons. The summed E-state index contributed by atoms with van der Waals surface area (Å²) in [4.78, 5) is 12.3. The Morgan fingerprint density at radius 3 is 2.47 bits per heavy atom. The highest BCUT2D eigenvalue weighted by Gasteiger charge is 2.15. The fraction of sp³-hybridized carbons (Fsp3) is 0.190. The highest BCUT2D eigenvalue weighted by molar-refractivity contribution is 6.30. The number of hydrogen-bond acceptors (Lipinski definition) is 6. The summed E-state index contributed by atoms with van der Waals surface area (Å²) in [5, 5.41) is 8.94. The van der Waals surface area contributed by atoms with Crippen LogP contribution in [0.25, 0.3) is 0 Å². The van der Waals surface area contributed by atoms with Gasteiger partial charge in [-0.25, -0.2) is 5.43 Å². The average Bonchev–Trinajstić information content (AvgIpc) is 3.23. The van der Waals surface area contributed by atoms with Crippen molar-refractivity contribution in [2.24, 2.45) is 5.10 Å². The topological polar surface area (TPSA) is 87.0 Å². The third-order valence-electron chi connectivity index (χ3n) is 4.24. The highest BCUT2D eigenvalue weighted by Crippen LogP contribution is 2.38. The van der Waals surface area contributed by atoms with Crippen LogP contribution < -0.4 is 19.6 Å². The second-order valence-electron chi connectivity index (χ2n) is 6.15. The van der Waals surface area contributed by atoms with Crippen LogP contribution in [0.15, 0.2) is 53.8 Å². The molecule has 1 heterocycles. The molecule has 156 valence electrons. The number of ether oxygens (including phenoxy) is 3. The predicted molar refractivity (Wildman–Crippen MR) is 114 cm³/mol. The summed E-state index contributed by atoms with van der Waals surface area (Å²) in [5.74, 6) is 0.987. The first kappa shape index (κ1) is 21.2. The van der Waals surface area contributed by atoms with Crippen LogP contribution >= 0.6 is 11.6 Å². The minimum absolute atomic E-state index is 0.250. The van der Waals surface area contributed by atoms with E-state index in [4.69, 9.17) is 25.8 Å². The first-order chi connectivity index (χ1) is 14.5. The molecular weight excluding hydrogens is 408 g/mol. The lowest BCUT2D eigenvalue weighted by Crippen LogP contribution is -2.18. The SMILES string of the molecule is COc1ccc(/C=N\NC(=O)c2ccn(Cc3ccc(Cl)cc3)n2)c(OC)c1OC. The smallest absolute Gasteiger partial charge is 0.291 e. The predicted octanol–water partition coefficient (Wildman–Crippen LogP) is 3.37. The lowest BCUT2D eigenvalue weighted by atomic mass is 10.2. The van der Waals surface area contributed by atoms with Crippen molar-refractivity contribution in [1.82, 2.24) is 15.2 Å². The minimum atomic E-state index is -0.430. The molecule has 8 nitrogen and oxygen atoms in total. The molecule has 1 amide bonds. The van der Waals surface area contributed by atoms with Crippen molar-refractivity contribution in [2.75, 3.05) is 21.3 Å². The fourth-order valence-corrected chi connectivity index (χ4v) is 2.92. The largest absolute Gasteiger partial charge is 0.493 e. The van der Waals surface area contributed by atoms with Crippen molar-refractivity contribution in [2.45, 2.75) is 6.54 Å². The van der Waals surface area contributed by atoms with Crippen LogP contribution in [-0.4, -0.2) is 43.2 Å². The Balaban J connectivity index is 1.66. The molecule has 1 aromatic heterocycles.